The summed E-state index contributed by atoms with van der Waals surface area (Å²) in [6.45, 7) is 1.10. The number of rotatable bonds is 8. The first kappa shape index (κ1) is 19.9. The van der Waals surface area contributed by atoms with Gasteiger partial charge >= 0.3 is 0 Å². The number of nitrogens with zero attached hydrogens (tertiary/aromatic N) is 2. The van der Waals surface area contributed by atoms with Gasteiger partial charge in [0.1, 0.15) is 11.4 Å². The Kier molecular flexibility index (Phi) is 6.68. The van der Waals surface area contributed by atoms with E-state index in [4.69, 9.17) is 21.1 Å². The summed E-state index contributed by atoms with van der Waals surface area (Å²) < 4.78 is 11.9. The molecule has 0 atom stereocenters. The maximum Gasteiger partial charge on any atom is 0.270 e. The van der Waals surface area contributed by atoms with Crippen molar-refractivity contribution < 1.29 is 14.3 Å². The molecule has 0 fully saturated rings. The molecule has 3 aromatic rings. The van der Waals surface area contributed by atoms with Crippen LogP contribution in [0.1, 0.15) is 16.9 Å². The first-order valence-electron chi connectivity index (χ1n) is 8.90. The fourth-order valence-corrected chi connectivity index (χ4v) is 2.96. The summed E-state index contributed by atoms with van der Waals surface area (Å²) in [5.74, 6) is 0.512. The minimum atomic E-state index is -0.210. The van der Waals surface area contributed by atoms with Crippen LogP contribution in [-0.2, 0) is 4.74 Å². The second-order valence-corrected chi connectivity index (χ2v) is 6.58. The van der Waals surface area contributed by atoms with E-state index in [1.807, 2.05) is 36.4 Å². The Bertz CT molecular complexity index is 956. The van der Waals surface area contributed by atoms with Gasteiger partial charge in [-0.05, 0) is 42.8 Å². The molecule has 1 heterocycles. The quantitative estimate of drug-likeness (QED) is 0.582. The highest BCUT2D eigenvalue weighted by atomic mass is 35.5. The number of ether oxygens (including phenoxy) is 2. The summed E-state index contributed by atoms with van der Waals surface area (Å²) in [4.78, 5) is 12.8. The number of benzene rings is 2. The molecule has 1 aromatic heterocycles. The number of carbonyl (C=O) groups is 1. The maximum atomic E-state index is 12.8. The minimum Gasteiger partial charge on any atom is -0.497 e. The molecular weight excluding hydrogens is 378 g/mol. The zero-order valence-electron chi connectivity index (χ0n) is 15.8. The van der Waals surface area contributed by atoms with Crippen molar-refractivity contribution >= 4 is 17.5 Å². The number of halogens is 1. The number of nitrogens with one attached hydrogen (secondary N) is 1. The average molecular weight is 400 g/mol. The molecule has 0 bridgehead atoms. The lowest BCUT2D eigenvalue weighted by Gasteiger charge is -2.08. The van der Waals surface area contributed by atoms with E-state index in [2.05, 4.69) is 10.4 Å². The number of aromatic nitrogens is 2. The van der Waals surface area contributed by atoms with Gasteiger partial charge in [0.25, 0.3) is 5.91 Å². The normalized spacial score (nSPS) is 10.7. The van der Waals surface area contributed by atoms with E-state index in [0.717, 1.165) is 17.7 Å². The molecule has 0 aliphatic heterocycles. The zero-order chi connectivity index (χ0) is 19.9. The molecule has 0 aliphatic rings. The van der Waals surface area contributed by atoms with Crippen LogP contribution in [0.3, 0.4) is 0 Å². The van der Waals surface area contributed by atoms with Crippen molar-refractivity contribution in [1.82, 2.24) is 15.1 Å². The van der Waals surface area contributed by atoms with Gasteiger partial charge in [0.15, 0.2) is 0 Å². The molecule has 2 aromatic carbocycles. The highest BCUT2D eigenvalue weighted by Crippen LogP contribution is 2.26. The van der Waals surface area contributed by atoms with Gasteiger partial charge in [0, 0.05) is 30.8 Å². The first-order chi connectivity index (χ1) is 13.6. The Labute approximate surface area is 169 Å². The lowest BCUT2D eigenvalue weighted by atomic mass is 10.1. The second-order valence-electron chi connectivity index (χ2n) is 6.14. The van der Waals surface area contributed by atoms with Crippen LogP contribution >= 0.6 is 11.6 Å². The fraction of sp³-hybridized carbons (Fsp3) is 0.238. The van der Waals surface area contributed by atoms with Crippen LogP contribution in [-0.4, -0.2) is 43.1 Å². The van der Waals surface area contributed by atoms with Gasteiger partial charge in [-0.2, -0.15) is 5.10 Å². The summed E-state index contributed by atoms with van der Waals surface area (Å²) >= 11 is 6.14. The van der Waals surface area contributed by atoms with Crippen molar-refractivity contribution in [2.45, 2.75) is 6.42 Å². The van der Waals surface area contributed by atoms with Crippen LogP contribution in [0.2, 0.25) is 5.02 Å². The van der Waals surface area contributed by atoms with E-state index in [1.54, 1.807) is 37.1 Å². The van der Waals surface area contributed by atoms with Gasteiger partial charge in [0.05, 0.1) is 18.5 Å². The highest BCUT2D eigenvalue weighted by molar-refractivity contribution is 6.30. The number of hydrogen-bond donors (Lipinski definition) is 1. The second kappa shape index (κ2) is 9.39. The van der Waals surface area contributed by atoms with E-state index in [0.29, 0.717) is 35.2 Å². The predicted octanol–water partition coefficient (Wildman–Crippen LogP) is 3.97. The van der Waals surface area contributed by atoms with E-state index in [-0.39, 0.29) is 5.91 Å². The van der Waals surface area contributed by atoms with E-state index in [9.17, 15) is 4.79 Å². The van der Waals surface area contributed by atoms with Crippen LogP contribution in [0.5, 0.6) is 5.75 Å². The van der Waals surface area contributed by atoms with Crippen LogP contribution in [0, 0.1) is 0 Å². The molecule has 0 saturated heterocycles. The van der Waals surface area contributed by atoms with Crippen LogP contribution in [0.15, 0.2) is 54.6 Å². The molecule has 146 valence electrons. The fourth-order valence-electron chi connectivity index (χ4n) is 2.78. The summed E-state index contributed by atoms with van der Waals surface area (Å²) in [5, 5.41) is 8.13. The molecule has 0 spiro atoms. The van der Waals surface area contributed by atoms with E-state index in [1.165, 1.54) is 0 Å². The van der Waals surface area contributed by atoms with Gasteiger partial charge < -0.3 is 14.8 Å². The third kappa shape index (κ3) is 4.71. The van der Waals surface area contributed by atoms with E-state index >= 15 is 0 Å². The topological polar surface area (TPSA) is 65.4 Å². The minimum absolute atomic E-state index is 0.210. The summed E-state index contributed by atoms with van der Waals surface area (Å²) in [7, 11) is 3.25. The Morgan fingerprint density at radius 1 is 1.14 bits per heavy atom. The average Bonchev–Trinajstić information content (AvgIpc) is 3.17. The number of methoxy groups -OCH3 is 2. The van der Waals surface area contributed by atoms with Crippen molar-refractivity contribution in [2.75, 3.05) is 27.4 Å². The summed E-state index contributed by atoms with van der Waals surface area (Å²) in [5.41, 5.74) is 2.66. The van der Waals surface area contributed by atoms with Crippen molar-refractivity contribution in [3.05, 3.63) is 65.3 Å². The summed E-state index contributed by atoms with van der Waals surface area (Å²) in [6.07, 6.45) is 0.732. The van der Waals surface area contributed by atoms with Crippen LogP contribution in [0.4, 0.5) is 0 Å². The van der Waals surface area contributed by atoms with Crippen LogP contribution < -0.4 is 10.1 Å². The Balaban J connectivity index is 1.98. The van der Waals surface area contributed by atoms with Gasteiger partial charge in [-0.1, -0.05) is 29.8 Å². The molecule has 7 heteroatoms. The highest BCUT2D eigenvalue weighted by Gasteiger charge is 2.18. The first-order valence-corrected chi connectivity index (χ1v) is 9.27. The molecule has 0 unspecified atom stereocenters. The standard InChI is InChI=1S/C21H22ClN3O3/c1-27-11-5-10-23-21(26)20-14-19(15-6-3-9-18(12-15)28-2)24-25(20)17-8-4-7-16(22)13-17/h3-4,6-9,12-14H,5,10-11H2,1-2H3,(H,23,26). The molecule has 28 heavy (non-hydrogen) atoms. The SMILES string of the molecule is COCCCNC(=O)c1cc(-c2cccc(OC)c2)nn1-c1cccc(Cl)c1. The molecule has 0 radical (unpaired) electrons. The van der Waals surface area contributed by atoms with Gasteiger partial charge in [-0.3, -0.25) is 4.79 Å². The van der Waals surface area contributed by atoms with Crippen molar-refractivity contribution in [3.8, 4) is 22.7 Å². The van der Waals surface area contributed by atoms with Gasteiger partial charge in [-0.25, -0.2) is 4.68 Å². The van der Waals surface area contributed by atoms with Crippen molar-refractivity contribution in [2.24, 2.45) is 0 Å². The molecule has 0 aliphatic carbocycles. The van der Waals surface area contributed by atoms with Crippen LogP contribution in [0.25, 0.3) is 16.9 Å². The Hall–Kier alpha value is -2.83. The third-order valence-electron chi connectivity index (χ3n) is 4.17. The molecule has 0 saturated carbocycles. The monoisotopic (exact) mass is 399 g/mol. The maximum absolute atomic E-state index is 12.8. The van der Waals surface area contributed by atoms with Gasteiger partial charge in [-0.15, -0.1) is 0 Å². The summed E-state index contributed by atoms with van der Waals surface area (Å²) in [6, 6.07) is 16.5. The lowest BCUT2D eigenvalue weighted by molar-refractivity contribution is 0.0941. The van der Waals surface area contributed by atoms with Crippen molar-refractivity contribution in [3.63, 3.8) is 0 Å². The third-order valence-corrected chi connectivity index (χ3v) is 4.41. The molecule has 6 nitrogen and oxygen atoms in total. The van der Waals surface area contributed by atoms with Crippen molar-refractivity contribution in [1.29, 1.82) is 0 Å². The molecule has 3 rings (SSSR count). The number of amides is 1. The number of carbonyl (C=O) groups excluding carboxylic acids is 1. The Morgan fingerprint density at radius 2 is 1.96 bits per heavy atom. The van der Waals surface area contributed by atoms with E-state index < -0.39 is 0 Å². The largest absolute Gasteiger partial charge is 0.497 e. The Morgan fingerprint density at radius 3 is 2.71 bits per heavy atom. The molecule has 1 amide bonds. The number of hydrogen-bond acceptors (Lipinski definition) is 4. The smallest absolute Gasteiger partial charge is 0.270 e. The lowest BCUT2D eigenvalue weighted by Crippen LogP contribution is -2.27. The van der Waals surface area contributed by atoms with Gasteiger partial charge in [0.2, 0.25) is 0 Å². The predicted molar refractivity (Wildman–Crippen MR) is 109 cm³/mol. The zero-order valence-corrected chi connectivity index (χ0v) is 16.6. The molecular formula is C21H22ClN3O3. The molecule has 1 N–H and O–H groups in total.